The molecular weight excluding hydrogens is 601 g/mol. The van der Waals surface area contributed by atoms with Crippen LogP contribution in [0.15, 0.2) is 145 Å². The van der Waals surface area contributed by atoms with E-state index in [2.05, 4.69) is 119 Å². The molecule has 4 heterocycles. The van der Waals surface area contributed by atoms with E-state index >= 15 is 0 Å². The van der Waals surface area contributed by atoms with E-state index in [9.17, 15) is 0 Å². The van der Waals surface area contributed by atoms with Crippen LogP contribution in [0.3, 0.4) is 0 Å². The van der Waals surface area contributed by atoms with Crippen LogP contribution in [-0.2, 0) is 0 Å². The van der Waals surface area contributed by atoms with Crippen molar-refractivity contribution in [2.45, 2.75) is 0 Å². The Kier molecular flexibility index (Phi) is 6.47. The molecule has 0 N–H and O–H groups in total. The molecule has 9 rings (SSSR count). The molecule has 0 radical (unpaired) electrons. The number of thiazole rings is 2. The first-order chi connectivity index (χ1) is 22.8. The van der Waals surface area contributed by atoms with Crippen LogP contribution >= 0.6 is 22.7 Å². The zero-order valence-corrected chi connectivity index (χ0v) is 26.1. The first-order valence-electron chi connectivity index (χ1n) is 15.0. The highest BCUT2D eigenvalue weighted by molar-refractivity contribution is 7.13. The molecule has 6 heteroatoms. The van der Waals surface area contributed by atoms with Gasteiger partial charge in [-0.05, 0) is 73.8 Å². The van der Waals surface area contributed by atoms with Crippen molar-refractivity contribution in [3.8, 4) is 54.8 Å². The predicted octanol–water partition coefficient (Wildman–Crippen LogP) is 11.2. The van der Waals surface area contributed by atoms with Crippen LogP contribution in [0.1, 0.15) is 0 Å². The van der Waals surface area contributed by atoms with Gasteiger partial charge in [0.15, 0.2) is 0 Å². The molecule has 0 aliphatic rings. The Labute approximate surface area is 273 Å². The van der Waals surface area contributed by atoms with Crippen molar-refractivity contribution in [2.24, 2.45) is 0 Å². The molecule has 4 nitrogen and oxygen atoms in total. The third-order valence-corrected chi connectivity index (χ3v) is 10.2. The minimum Gasteiger partial charge on any atom is -0.255 e. The van der Waals surface area contributed by atoms with Crippen molar-refractivity contribution < 1.29 is 0 Å². The fourth-order valence-corrected chi connectivity index (χ4v) is 7.70. The summed E-state index contributed by atoms with van der Waals surface area (Å²) >= 11 is 3.24. The summed E-state index contributed by atoms with van der Waals surface area (Å²) in [5.41, 5.74) is 8.49. The van der Waals surface area contributed by atoms with Gasteiger partial charge in [0.05, 0.1) is 11.4 Å². The summed E-state index contributed by atoms with van der Waals surface area (Å²) in [5, 5.41) is 12.9. The van der Waals surface area contributed by atoms with Crippen molar-refractivity contribution in [1.82, 2.24) is 19.9 Å². The predicted molar refractivity (Wildman–Crippen MR) is 193 cm³/mol. The maximum absolute atomic E-state index is 5.05. The van der Waals surface area contributed by atoms with E-state index in [1.165, 1.54) is 21.9 Å². The molecule has 4 aromatic heterocycles. The number of aromatic nitrogens is 4. The highest BCUT2D eigenvalue weighted by Gasteiger charge is 2.19. The van der Waals surface area contributed by atoms with Gasteiger partial charge in [-0.3, -0.25) is 9.97 Å². The van der Waals surface area contributed by atoms with Crippen LogP contribution < -0.4 is 0 Å². The minimum atomic E-state index is 0.926. The van der Waals surface area contributed by atoms with Gasteiger partial charge in [0.25, 0.3) is 0 Å². The molecular formula is C40H24N4S2. The van der Waals surface area contributed by atoms with E-state index < -0.39 is 0 Å². The van der Waals surface area contributed by atoms with Crippen molar-refractivity contribution in [3.63, 3.8) is 0 Å². The van der Waals surface area contributed by atoms with Crippen molar-refractivity contribution in [2.75, 3.05) is 0 Å². The van der Waals surface area contributed by atoms with Gasteiger partial charge in [-0.2, -0.15) is 0 Å². The van der Waals surface area contributed by atoms with Crippen LogP contribution in [0.5, 0.6) is 0 Å². The van der Waals surface area contributed by atoms with Gasteiger partial charge in [0.1, 0.15) is 10.0 Å². The van der Waals surface area contributed by atoms with E-state index in [0.717, 1.165) is 65.2 Å². The van der Waals surface area contributed by atoms with Crippen LogP contribution in [0.4, 0.5) is 0 Å². The molecule has 46 heavy (non-hydrogen) atoms. The standard InChI is InChI=1S/C40H24N4S2/c1-2-8-29-25(6-1)7-5-11-30(29)26-12-15-33-34(22-26)38(36-17-14-28(24-44-36)40-42-19-21-46-40)32-10-4-3-9-31(32)37(33)35-16-13-27(23-43-35)39-41-18-20-45-39/h1-24H. The largest absolute Gasteiger partial charge is 0.255 e. The summed E-state index contributed by atoms with van der Waals surface area (Å²) in [6, 6.07) is 39.1. The zero-order chi connectivity index (χ0) is 30.5. The Balaban J connectivity index is 1.33. The highest BCUT2D eigenvalue weighted by atomic mass is 32.1. The normalized spacial score (nSPS) is 11.5. The van der Waals surface area contributed by atoms with Gasteiger partial charge >= 0.3 is 0 Å². The molecule has 0 saturated carbocycles. The number of hydrogen-bond donors (Lipinski definition) is 0. The molecule has 0 fully saturated rings. The molecule has 0 spiro atoms. The van der Waals surface area contributed by atoms with Gasteiger partial charge in [-0.1, -0.05) is 78.9 Å². The summed E-state index contributed by atoms with van der Waals surface area (Å²) in [5.74, 6) is 0. The number of pyridine rings is 2. The van der Waals surface area contributed by atoms with E-state index in [4.69, 9.17) is 9.97 Å². The monoisotopic (exact) mass is 624 g/mol. The molecule has 0 amide bonds. The summed E-state index contributed by atoms with van der Waals surface area (Å²) in [6.45, 7) is 0. The molecule has 0 bridgehead atoms. The maximum atomic E-state index is 5.05. The summed E-state index contributed by atoms with van der Waals surface area (Å²) in [4.78, 5) is 19.0. The Hall–Kier alpha value is -5.56. The smallest absolute Gasteiger partial charge is 0.124 e. The van der Waals surface area contributed by atoms with Crippen LogP contribution in [0.25, 0.3) is 87.1 Å². The molecule has 5 aromatic carbocycles. The third-order valence-electron chi connectivity index (χ3n) is 8.52. The second kappa shape index (κ2) is 11.1. The number of rotatable bonds is 5. The Morgan fingerprint density at radius 3 is 1.54 bits per heavy atom. The van der Waals surface area contributed by atoms with Gasteiger partial charge in [0, 0.05) is 57.8 Å². The number of nitrogens with zero attached hydrogens (tertiary/aromatic N) is 4. The van der Waals surface area contributed by atoms with Crippen LogP contribution in [-0.4, -0.2) is 19.9 Å². The topological polar surface area (TPSA) is 51.6 Å². The summed E-state index contributed by atoms with van der Waals surface area (Å²) < 4.78 is 0. The van der Waals surface area contributed by atoms with Crippen LogP contribution in [0.2, 0.25) is 0 Å². The Morgan fingerprint density at radius 2 is 0.957 bits per heavy atom. The first-order valence-corrected chi connectivity index (χ1v) is 16.8. The molecule has 0 unspecified atom stereocenters. The van der Waals surface area contributed by atoms with Crippen molar-refractivity contribution in [3.05, 3.63) is 145 Å². The lowest BCUT2D eigenvalue weighted by Gasteiger charge is -2.18. The fourth-order valence-electron chi connectivity index (χ4n) is 6.44. The van der Waals surface area contributed by atoms with Gasteiger partial charge in [-0.25, -0.2) is 9.97 Å². The third kappa shape index (κ3) is 4.50. The lowest BCUT2D eigenvalue weighted by atomic mass is 9.86. The Morgan fingerprint density at radius 1 is 0.413 bits per heavy atom. The van der Waals surface area contributed by atoms with E-state index in [1.807, 2.05) is 35.5 Å². The van der Waals surface area contributed by atoms with Gasteiger partial charge < -0.3 is 0 Å². The Bertz CT molecular complexity index is 2500. The lowest BCUT2D eigenvalue weighted by Crippen LogP contribution is -1.95. The van der Waals surface area contributed by atoms with Crippen molar-refractivity contribution >= 4 is 55.0 Å². The van der Waals surface area contributed by atoms with E-state index in [1.54, 1.807) is 22.7 Å². The quantitative estimate of drug-likeness (QED) is 0.179. The van der Waals surface area contributed by atoms with Crippen molar-refractivity contribution in [1.29, 1.82) is 0 Å². The van der Waals surface area contributed by atoms with E-state index in [-0.39, 0.29) is 0 Å². The molecule has 216 valence electrons. The maximum Gasteiger partial charge on any atom is 0.124 e. The molecule has 0 aliphatic heterocycles. The lowest BCUT2D eigenvalue weighted by molar-refractivity contribution is 1.31. The average molecular weight is 625 g/mol. The second-order valence-electron chi connectivity index (χ2n) is 11.1. The summed E-state index contributed by atoms with van der Waals surface area (Å²) in [6.07, 6.45) is 7.54. The van der Waals surface area contributed by atoms with Gasteiger partial charge in [0.2, 0.25) is 0 Å². The first kappa shape index (κ1) is 26.8. The molecule has 0 atom stereocenters. The van der Waals surface area contributed by atoms with Gasteiger partial charge in [-0.15, -0.1) is 22.7 Å². The van der Waals surface area contributed by atoms with E-state index in [0.29, 0.717) is 0 Å². The molecule has 0 saturated heterocycles. The number of benzene rings is 5. The number of fused-ring (bicyclic) bond motifs is 3. The van der Waals surface area contributed by atoms with Crippen LogP contribution in [0, 0.1) is 0 Å². The zero-order valence-electron chi connectivity index (χ0n) is 24.5. The highest BCUT2D eigenvalue weighted by Crippen LogP contribution is 2.45. The number of hydrogen-bond acceptors (Lipinski definition) is 6. The molecule has 9 aromatic rings. The molecule has 0 aliphatic carbocycles. The fraction of sp³-hybridized carbons (Fsp3) is 0. The minimum absolute atomic E-state index is 0.926. The average Bonchev–Trinajstić information content (AvgIpc) is 3.87. The second-order valence-corrected chi connectivity index (χ2v) is 12.9. The summed E-state index contributed by atoms with van der Waals surface area (Å²) in [7, 11) is 0. The SMILES string of the molecule is c1ccc2c(-c3ccc4c(-c5ccc(-c6nccs6)cn5)c5ccccc5c(-c5ccc(-c6nccs6)cn5)c4c3)cccc2c1.